The quantitative estimate of drug-likeness (QED) is 0.711. The Morgan fingerprint density at radius 2 is 1.79 bits per heavy atom. The molecule has 0 aliphatic heterocycles. The van der Waals surface area contributed by atoms with Gasteiger partial charge in [-0.1, -0.05) is 17.7 Å². The van der Waals surface area contributed by atoms with Crippen LogP contribution in [-0.2, 0) is 0 Å². The molecule has 3 rings (SSSR count). The van der Waals surface area contributed by atoms with Crippen LogP contribution in [0.5, 0.6) is 0 Å². The van der Waals surface area contributed by atoms with Gasteiger partial charge in [0.1, 0.15) is 11.6 Å². The largest absolute Gasteiger partial charge is 0.340 e. The molecule has 1 aromatic heterocycles. The Labute approximate surface area is 143 Å². The first kappa shape index (κ1) is 16.0. The van der Waals surface area contributed by atoms with Gasteiger partial charge in [0, 0.05) is 22.6 Å². The van der Waals surface area contributed by atoms with E-state index in [-0.39, 0.29) is 11.7 Å². The lowest BCUT2D eigenvalue weighted by molar-refractivity contribution is 0.102. The summed E-state index contributed by atoms with van der Waals surface area (Å²) in [7, 11) is 0. The number of nitrogens with zero attached hydrogens (tertiary/aromatic N) is 1. The lowest BCUT2D eigenvalue weighted by Gasteiger charge is -2.11. The van der Waals surface area contributed by atoms with Crippen LogP contribution in [0.4, 0.5) is 21.6 Å². The van der Waals surface area contributed by atoms with Gasteiger partial charge in [0.25, 0.3) is 5.91 Å². The number of rotatable bonds is 4. The zero-order valence-corrected chi connectivity index (χ0v) is 13.2. The molecule has 6 heteroatoms. The number of pyridine rings is 1. The molecule has 3 aromatic rings. The van der Waals surface area contributed by atoms with Crippen LogP contribution >= 0.6 is 11.6 Å². The van der Waals surface area contributed by atoms with E-state index >= 15 is 0 Å². The standard InChI is InChI=1S/C18H13ClFN3O/c19-12-3-1-4-15(11-12)23-18(24)16-5-2-10-21-17(16)22-14-8-6-13(20)7-9-14/h1-11H,(H,21,22)(H,23,24). The fourth-order valence-corrected chi connectivity index (χ4v) is 2.31. The summed E-state index contributed by atoms with van der Waals surface area (Å²) in [5.74, 6) is -0.279. The first-order valence-electron chi connectivity index (χ1n) is 7.16. The van der Waals surface area contributed by atoms with Crippen molar-refractivity contribution in [2.24, 2.45) is 0 Å². The molecule has 1 amide bonds. The second-order valence-electron chi connectivity index (χ2n) is 5.00. The van der Waals surface area contributed by atoms with Crippen molar-refractivity contribution >= 4 is 34.7 Å². The Morgan fingerprint density at radius 1 is 1.00 bits per heavy atom. The minimum Gasteiger partial charge on any atom is -0.340 e. The van der Waals surface area contributed by atoms with E-state index in [0.717, 1.165) is 0 Å². The zero-order valence-electron chi connectivity index (χ0n) is 12.5. The molecule has 2 N–H and O–H groups in total. The van der Waals surface area contributed by atoms with Crippen molar-refractivity contribution in [2.75, 3.05) is 10.6 Å². The summed E-state index contributed by atoms with van der Waals surface area (Å²) in [6.07, 6.45) is 1.57. The van der Waals surface area contributed by atoms with E-state index in [1.165, 1.54) is 12.1 Å². The van der Waals surface area contributed by atoms with Crippen LogP contribution in [0, 0.1) is 5.82 Å². The van der Waals surface area contributed by atoms with E-state index in [1.807, 2.05) is 0 Å². The number of nitrogens with one attached hydrogen (secondary N) is 2. The van der Waals surface area contributed by atoms with E-state index in [2.05, 4.69) is 15.6 Å². The Balaban J connectivity index is 1.83. The van der Waals surface area contributed by atoms with Crippen LogP contribution in [0.15, 0.2) is 66.9 Å². The molecule has 0 saturated carbocycles. The van der Waals surface area contributed by atoms with Crippen molar-refractivity contribution in [3.8, 4) is 0 Å². The van der Waals surface area contributed by atoms with Crippen LogP contribution < -0.4 is 10.6 Å². The van der Waals surface area contributed by atoms with Gasteiger partial charge in [-0.3, -0.25) is 4.79 Å². The smallest absolute Gasteiger partial charge is 0.259 e. The minimum atomic E-state index is -0.333. The van der Waals surface area contributed by atoms with Gasteiger partial charge in [-0.25, -0.2) is 9.37 Å². The monoisotopic (exact) mass is 341 g/mol. The van der Waals surface area contributed by atoms with Crippen molar-refractivity contribution < 1.29 is 9.18 Å². The molecule has 0 fully saturated rings. The summed E-state index contributed by atoms with van der Waals surface area (Å²) in [6.45, 7) is 0. The van der Waals surface area contributed by atoms with E-state index < -0.39 is 0 Å². The number of halogens is 2. The average molecular weight is 342 g/mol. The SMILES string of the molecule is O=C(Nc1cccc(Cl)c1)c1cccnc1Nc1ccc(F)cc1. The third-order valence-electron chi connectivity index (χ3n) is 3.24. The fraction of sp³-hybridized carbons (Fsp3) is 0. The third kappa shape index (κ3) is 3.88. The first-order valence-corrected chi connectivity index (χ1v) is 7.54. The van der Waals surface area contributed by atoms with Gasteiger partial charge >= 0.3 is 0 Å². The number of hydrogen-bond donors (Lipinski definition) is 2. The number of aromatic nitrogens is 1. The molecule has 1 heterocycles. The number of hydrogen-bond acceptors (Lipinski definition) is 3. The van der Waals surface area contributed by atoms with Gasteiger partial charge < -0.3 is 10.6 Å². The van der Waals surface area contributed by atoms with Gasteiger partial charge in [-0.15, -0.1) is 0 Å². The Kier molecular flexibility index (Phi) is 4.72. The third-order valence-corrected chi connectivity index (χ3v) is 3.48. The van der Waals surface area contributed by atoms with Crippen molar-refractivity contribution in [1.82, 2.24) is 4.98 Å². The molecule has 0 aliphatic rings. The molecule has 0 aliphatic carbocycles. The zero-order chi connectivity index (χ0) is 16.9. The van der Waals surface area contributed by atoms with Crippen molar-refractivity contribution in [3.63, 3.8) is 0 Å². The van der Waals surface area contributed by atoms with Crippen LogP contribution in [0.2, 0.25) is 5.02 Å². The van der Waals surface area contributed by atoms with E-state index in [9.17, 15) is 9.18 Å². The normalized spacial score (nSPS) is 10.2. The second kappa shape index (κ2) is 7.10. The molecule has 4 nitrogen and oxygen atoms in total. The van der Waals surface area contributed by atoms with Crippen molar-refractivity contribution in [1.29, 1.82) is 0 Å². The highest BCUT2D eigenvalue weighted by Crippen LogP contribution is 2.21. The molecule has 0 radical (unpaired) electrons. The number of benzene rings is 2. The summed E-state index contributed by atoms with van der Waals surface area (Å²) in [5.41, 5.74) is 1.58. The summed E-state index contributed by atoms with van der Waals surface area (Å²) in [4.78, 5) is 16.7. The Bertz CT molecular complexity index is 868. The van der Waals surface area contributed by atoms with Crippen LogP contribution in [0.25, 0.3) is 0 Å². The Morgan fingerprint density at radius 3 is 2.54 bits per heavy atom. The lowest BCUT2D eigenvalue weighted by atomic mass is 10.2. The van der Waals surface area contributed by atoms with Gasteiger partial charge in [0.15, 0.2) is 0 Å². The molecular formula is C18H13ClFN3O. The lowest BCUT2D eigenvalue weighted by Crippen LogP contribution is -2.14. The number of amides is 1. The van der Waals surface area contributed by atoms with E-state index in [4.69, 9.17) is 11.6 Å². The second-order valence-corrected chi connectivity index (χ2v) is 5.43. The molecule has 0 atom stereocenters. The highest BCUT2D eigenvalue weighted by molar-refractivity contribution is 6.31. The van der Waals surface area contributed by atoms with Gasteiger partial charge in [-0.2, -0.15) is 0 Å². The van der Waals surface area contributed by atoms with Gasteiger partial charge in [-0.05, 0) is 54.6 Å². The molecule has 0 spiro atoms. The molecular weight excluding hydrogens is 329 g/mol. The number of anilines is 3. The number of carbonyl (C=O) groups excluding carboxylic acids is 1. The highest BCUT2D eigenvalue weighted by Gasteiger charge is 2.13. The first-order chi connectivity index (χ1) is 11.6. The maximum Gasteiger partial charge on any atom is 0.259 e. The molecule has 120 valence electrons. The van der Waals surface area contributed by atoms with Crippen LogP contribution in [0.3, 0.4) is 0 Å². The summed E-state index contributed by atoms with van der Waals surface area (Å²) in [5, 5.41) is 6.32. The van der Waals surface area contributed by atoms with Gasteiger partial charge in [0.2, 0.25) is 0 Å². The fourth-order valence-electron chi connectivity index (χ4n) is 2.12. The summed E-state index contributed by atoms with van der Waals surface area (Å²) >= 11 is 5.92. The highest BCUT2D eigenvalue weighted by atomic mass is 35.5. The minimum absolute atomic E-state index is 0.324. The molecule has 0 bridgehead atoms. The molecule has 24 heavy (non-hydrogen) atoms. The summed E-state index contributed by atoms with van der Waals surface area (Å²) in [6, 6.07) is 16.0. The Hall–Kier alpha value is -2.92. The van der Waals surface area contributed by atoms with E-state index in [0.29, 0.717) is 27.8 Å². The molecule has 0 saturated heterocycles. The van der Waals surface area contributed by atoms with Crippen molar-refractivity contribution in [2.45, 2.75) is 0 Å². The molecule has 2 aromatic carbocycles. The van der Waals surface area contributed by atoms with Crippen molar-refractivity contribution in [3.05, 3.63) is 83.3 Å². The summed E-state index contributed by atoms with van der Waals surface area (Å²) < 4.78 is 13.0. The topological polar surface area (TPSA) is 54.0 Å². The maximum atomic E-state index is 13.0. The van der Waals surface area contributed by atoms with Gasteiger partial charge in [0.05, 0.1) is 5.56 Å². The average Bonchev–Trinajstić information content (AvgIpc) is 2.57. The molecule has 0 unspecified atom stereocenters. The van der Waals surface area contributed by atoms with Crippen LogP contribution in [-0.4, -0.2) is 10.9 Å². The predicted molar refractivity (Wildman–Crippen MR) is 93.3 cm³/mol. The predicted octanol–water partition coefficient (Wildman–Crippen LogP) is 4.87. The van der Waals surface area contributed by atoms with E-state index in [1.54, 1.807) is 54.7 Å². The number of carbonyl (C=O) groups is 1. The van der Waals surface area contributed by atoms with Crippen LogP contribution in [0.1, 0.15) is 10.4 Å². The maximum absolute atomic E-state index is 13.0.